The van der Waals surface area contributed by atoms with Crippen molar-refractivity contribution >= 4 is 29.3 Å². The molecule has 1 aromatic carbocycles. The van der Waals surface area contributed by atoms with E-state index in [1.54, 1.807) is 24.1 Å². The van der Waals surface area contributed by atoms with Crippen LogP contribution in [0.1, 0.15) is 18.4 Å². The summed E-state index contributed by atoms with van der Waals surface area (Å²) in [6.07, 6.45) is -1.10. The van der Waals surface area contributed by atoms with E-state index >= 15 is 0 Å². The van der Waals surface area contributed by atoms with Gasteiger partial charge in [0.05, 0.1) is 18.2 Å². The Labute approximate surface area is 218 Å². The maximum Gasteiger partial charge on any atom is 0.419 e. The summed E-state index contributed by atoms with van der Waals surface area (Å²) in [5, 5.41) is 0.573. The zero-order valence-corrected chi connectivity index (χ0v) is 21.1. The zero-order valence-electron chi connectivity index (χ0n) is 20.3. The molecule has 37 heavy (non-hydrogen) atoms. The molecule has 2 aromatic heterocycles. The molecule has 2 aliphatic rings. The van der Waals surface area contributed by atoms with E-state index in [4.69, 9.17) is 31.3 Å². The number of benzene rings is 1. The molecule has 5 rings (SSSR count). The number of nitrogens with zero attached hydrogens (tertiary/aromatic N) is 7. The van der Waals surface area contributed by atoms with Crippen LogP contribution in [-0.2, 0) is 10.9 Å². The van der Waals surface area contributed by atoms with Gasteiger partial charge in [-0.1, -0.05) is 23.7 Å². The lowest BCUT2D eigenvalue weighted by atomic mass is 10.2. The topological polar surface area (TPSA) is 70.5 Å². The van der Waals surface area contributed by atoms with Crippen molar-refractivity contribution in [3.63, 3.8) is 0 Å². The lowest BCUT2D eigenvalue weighted by Gasteiger charge is -2.36. The average molecular weight is 534 g/mol. The average Bonchev–Trinajstić information content (AvgIpc) is 3.37. The first kappa shape index (κ1) is 25.5. The molecule has 4 heterocycles. The first-order chi connectivity index (χ1) is 17.8. The smallest absolute Gasteiger partial charge is 0.383 e. The molecule has 1 atom stereocenters. The fourth-order valence-corrected chi connectivity index (χ4v) is 5.02. The molecule has 0 saturated carbocycles. The monoisotopic (exact) mass is 533 g/mol. The molecule has 2 saturated heterocycles. The third-order valence-electron chi connectivity index (χ3n) is 6.64. The van der Waals surface area contributed by atoms with Crippen LogP contribution in [-0.4, -0.2) is 72.4 Å². The van der Waals surface area contributed by atoms with Gasteiger partial charge in [0, 0.05) is 56.6 Å². The molecular formula is C25H27ClF3N7O. The van der Waals surface area contributed by atoms with E-state index in [9.17, 15) is 13.2 Å². The van der Waals surface area contributed by atoms with Crippen LogP contribution in [0.5, 0.6) is 0 Å². The standard InChI is InChI=1S/C25H27ClF3N7O/c1-37-16-19-7-4-10-36(19)24-32-21(17-5-2-6-18(26)15-17)31-23(33-24)35-13-11-34(12-14-35)22-20(25(27,28)29)8-3-9-30-22/h2-3,5-6,8-9,15,19H,4,7,10-14,16H2,1H3. The quantitative estimate of drug-likeness (QED) is 0.457. The molecule has 0 radical (unpaired) electrons. The Morgan fingerprint density at radius 1 is 0.973 bits per heavy atom. The number of hydrogen-bond donors (Lipinski definition) is 0. The van der Waals surface area contributed by atoms with E-state index in [0.29, 0.717) is 55.5 Å². The van der Waals surface area contributed by atoms with Gasteiger partial charge in [-0.25, -0.2) is 4.98 Å². The van der Waals surface area contributed by atoms with Crippen LogP contribution in [0, 0.1) is 0 Å². The number of alkyl halides is 3. The Morgan fingerprint density at radius 3 is 2.46 bits per heavy atom. The third-order valence-corrected chi connectivity index (χ3v) is 6.88. The summed E-state index contributed by atoms with van der Waals surface area (Å²) >= 11 is 6.23. The maximum atomic E-state index is 13.5. The largest absolute Gasteiger partial charge is 0.419 e. The predicted molar refractivity (Wildman–Crippen MR) is 136 cm³/mol. The minimum Gasteiger partial charge on any atom is -0.383 e. The van der Waals surface area contributed by atoms with Crippen LogP contribution in [0.15, 0.2) is 42.6 Å². The highest BCUT2D eigenvalue weighted by Crippen LogP contribution is 2.36. The van der Waals surface area contributed by atoms with Gasteiger partial charge in [0.25, 0.3) is 0 Å². The van der Waals surface area contributed by atoms with E-state index in [2.05, 4.69) is 9.88 Å². The van der Waals surface area contributed by atoms with Crippen molar-refractivity contribution in [2.75, 3.05) is 61.1 Å². The molecule has 1 unspecified atom stereocenters. The van der Waals surface area contributed by atoms with E-state index in [1.165, 1.54) is 12.3 Å². The highest BCUT2D eigenvalue weighted by Gasteiger charge is 2.36. The Balaban J connectivity index is 1.43. The van der Waals surface area contributed by atoms with Gasteiger partial charge >= 0.3 is 6.18 Å². The summed E-state index contributed by atoms with van der Waals surface area (Å²) in [5.74, 6) is 1.49. The Kier molecular flexibility index (Phi) is 7.34. The summed E-state index contributed by atoms with van der Waals surface area (Å²) in [7, 11) is 1.68. The van der Waals surface area contributed by atoms with Gasteiger partial charge < -0.3 is 19.4 Å². The fourth-order valence-electron chi connectivity index (χ4n) is 4.83. The summed E-state index contributed by atoms with van der Waals surface area (Å²) in [6, 6.07) is 9.86. The van der Waals surface area contributed by atoms with Gasteiger partial charge in [-0.3, -0.25) is 0 Å². The minimum atomic E-state index is -4.47. The number of pyridine rings is 1. The molecule has 0 spiro atoms. The van der Waals surface area contributed by atoms with E-state index in [-0.39, 0.29) is 11.9 Å². The molecule has 0 N–H and O–H groups in total. The summed E-state index contributed by atoms with van der Waals surface area (Å²) < 4.78 is 46.0. The number of halogens is 4. The normalized spacial score (nSPS) is 18.5. The van der Waals surface area contributed by atoms with Crippen LogP contribution in [0.4, 0.5) is 30.9 Å². The van der Waals surface area contributed by atoms with Crippen molar-refractivity contribution in [1.29, 1.82) is 0 Å². The van der Waals surface area contributed by atoms with Crippen molar-refractivity contribution in [2.45, 2.75) is 25.1 Å². The second kappa shape index (κ2) is 10.7. The van der Waals surface area contributed by atoms with E-state index < -0.39 is 11.7 Å². The van der Waals surface area contributed by atoms with Gasteiger partial charge in [0.2, 0.25) is 11.9 Å². The van der Waals surface area contributed by atoms with Crippen LogP contribution >= 0.6 is 11.6 Å². The van der Waals surface area contributed by atoms with Gasteiger partial charge in [0.1, 0.15) is 5.82 Å². The van der Waals surface area contributed by atoms with E-state index in [0.717, 1.165) is 31.0 Å². The fraction of sp³-hybridized carbons (Fsp3) is 0.440. The number of piperazine rings is 1. The summed E-state index contributed by atoms with van der Waals surface area (Å²) in [4.78, 5) is 24.1. The lowest BCUT2D eigenvalue weighted by Crippen LogP contribution is -2.48. The van der Waals surface area contributed by atoms with Crippen molar-refractivity contribution in [1.82, 2.24) is 19.9 Å². The second-order valence-electron chi connectivity index (χ2n) is 9.06. The first-order valence-corrected chi connectivity index (χ1v) is 12.5. The molecule has 2 fully saturated rings. The molecule has 3 aromatic rings. The Bertz CT molecular complexity index is 1240. The van der Waals surface area contributed by atoms with Crippen LogP contribution < -0.4 is 14.7 Å². The van der Waals surface area contributed by atoms with Gasteiger partial charge in [0.15, 0.2) is 5.82 Å². The van der Waals surface area contributed by atoms with Crippen LogP contribution in [0.25, 0.3) is 11.4 Å². The molecule has 8 nitrogen and oxygen atoms in total. The number of ether oxygens (including phenoxy) is 1. The number of aromatic nitrogens is 4. The molecule has 2 aliphatic heterocycles. The number of hydrogen-bond acceptors (Lipinski definition) is 8. The highest BCUT2D eigenvalue weighted by atomic mass is 35.5. The number of anilines is 3. The molecule has 0 aliphatic carbocycles. The van der Waals surface area contributed by atoms with Crippen molar-refractivity contribution in [2.24, 2.45) is 0 Å². The first-order valence-electron chi connectivity index (χ1n) is 12.1. The third kappa shape index (κ3) is 5.57. The van der Waals surface area contributed by atoms with Crippen LogP contribution in [0.3, 0.4) is 0 Å². The number of rotatable bonds is 6. The summed E-state index contributed by atoms with van der Waals surface area (Å²) in [6.45, 7) is 2.95. The molecule has 0 amide bonds. The highest BCUT2D eigenvalue weighted by molar-refractivity contribution is 6.30. The molecule has 0 bridgehead atoms. The van der Waals surface area contributed by atoms with E-state index in [1.807, 2.05) is 17.0 Å². The van der Waals surface area contributed by atoms with Crippen LogP contribution in [0.2, 0.25) is 5.02 Å². The second-order valence-corrected chi connectivity index (χ2v) is 9.50. The van der Waals surface area contributed by atoms with Gasteiger partial charge in [-0.15, -0.1) is 0 Å². The zero-order chi connectivity index (χ0) is 26.0. The van der Waals surface area contributed by atoms with Crippen molar-refractivity contribution in [3.05, 3.63) is 53.2 Å². The summed E-state index contributed by atoms with van der Waals surface area (Å²) in [5.41, 5.74) is 0.0363. The SMILES string of the molecule is COCC1CCCN1c1nc(-c2cccc(Cl)c2)nc(N2CCN(c3ncccc3C(F)(F)F)CC2)n1. The number of methoxy groups -OCH3 is 1. The molecule has 196 valence electrons. The van der Waals surface area contributed by atoms with Gasteiger partial charge in [-0.05, 0) is 37.1 Å². The maximum absolute atomic E-state index is 13.5. The minimum absolute atomic E-state index is 0.0509. The van der Waals surface area contributed by atoms with Crippen molar-refractivity contribution < 1.29 is 17.9 Å². The lowest BCUT2D eigenvalue weighted by molar-refractivity contribution is -0.137. The Morgan fingerprint density at radius 2 is 1.73 bits per heavy atom. The molecular weight excluding hydrogens is 507 g/mol. The Hall–Kier alpha value is -3.18. The molecule has 12 heteroatoms. The van der Waals surface area contributed by atoms with Gasteiger partial charge in [-0.2, -0.15) is 28.1 Å². The van der Waals surface area contributed by atoms with Crippen molar-refractivity contribution in [3.8, 4) is 11.4 Å². The predicted octanol–water partition coefficient (Wildman–Crippen LogP) is 4.55.